The Kier molecular flexibility index (Phi) is 4.46. The van der Waals surface area contributed by atoms with Gasteiger partial charge in [0, 0.05) is 25.0 Å². The van der Waals surface area contributed by atoms with E-state index in [1.165, 1.54) is 44.1 Å². The third kappa shape index (κ3) is 3.11. The highest BCUT2D eigenvalue weighted by Crippen LogP contribution is 2.28. The van der Waals surface area contributed by atoms with Crippen molar-refractivity contribution < 1.29 is 0 Å². The van der Waals surface area contributed by atoms with Crippen molar-refractivity contribution >= 4 is 0 Å². The van der Waals surface area contributed by atoms with E-state index < -0.39 is 0 Å². The average molecular weight is 220 g/mol. The van der Waals surface area contributed by atoms with Crippen molar-refractivity contribution in [1.29, 1.82) is 0 Å². The molecule has 1 aromatic rings. The molecule has 0 bridgehead atoms. The number of rotatable bonds is 5. The molecule has 1 aromatic heterocycles. The van der Waals surface area contributed by atoms with Crippen LogP contribution in [0.3, 0.4) is 0 Å². The highest BCUT2D eigenvalue weighted by atomic mass is 14.9. The van der Waals surface area contributed by atoms with Gasteiger partial charge in [-0.25, -0.2) is 0 Å². The molecular weight excluding hydrogens is 196 g/mol. The molecule has 0 radical (unpaired) electrons. The van der Waals surface area contributed by atoms with Crippen molar-refractivity contribution in [1.82, 2.24) is 10.3 Å². The molecular formula is C14H24N2. The molecule has 2 heteroatoms. The standard InChI is InChI=1S/C14H24N2/c1-2-5-13-6-3-4-7-14(13)16-11-12-8-9-15-10-12/h8-10,13-16H,2-7,11H2,1H3. The van der Waals surface area contributed by atoms with Gasteiger partial charge in [0.15, 0.2) is 0 Å². The Morgan fingerprint density at radius 2 is 2.25 bits per heavy atom. The molecule has 0 amide bonds. The van der Waals surface area contributed by atoms with Gasteiger partial charge in [-0.3, -0.25) is 0 Å². The predicted molar refractivity (Wildman–Crippen MR) is 68.3 cm³/mol. The molecule has 0 aliphatic heterocycles. The summed E-state index contributed by atoms with van der Waals surface area (Å²) in [6.07, 6.45) is 12.5. The van der Waals surface area contributed by atoms with E-state index in [9.17, 15) is 0 Å². The molecule has 1 aliphatic carbocycles. The van der Waals surface area contributed by atoms with Crippen LogP contribution in [-0.4, -0.2) is 11.0 Å². The summed E-state index contributed by atoms with van der Waals surface area (Å²) in [5, 5.41) is 3.74. The second kappa shape index (κ2) is 6.09. The molecule has 1 heterocycles. The number of aromatic amines is 1. The first-order chi connectivity index (χ1) is 7.90. The maximum Gasteiger partial charge on any atom is 0.0223 e. The van der Waals surface area contributed by atoms with E-state index in [2.05, 4.69) is 29.5 Å². The van der Waals surface area contributed by atoms with E-state index in [4.69, 9.17) is 0 Å². The summed E-state index contributed by atoms with van der Waals surface area (Å²) >= 11 is 0. The van der Waals surface area contributed by atoms with Crippen LogP contribution >= 0.6 is 0 Å². The van der Waals surface area contributed by atoms with Gasteiger partial charge in [-0.1, -0.05) is 26.2 Å². The molecule has 2 atom stereocenters. The van der Waals surface area contributed by atoms with Crippen LogP contribution in [0.2, 0.25) is 0 Å². The Hall–Kier alpha value is -0.760. The zero-order valence-corrected chi connectivity index (χ0v) is 10.3. The molecule has 2 N–H and O–H groups in total. The van der Waals surface area contributed by atoms with E-state index in [1.807, 2.05) is 6.20 Å². The van der Waals surface area contributed by atoms with Gasteiger partial charge in [0.25, 0.3) is 0 Å². The van der Waals surface area contributed by atoms with E-state index in [-0.39, 0.29) is 0 Å². The lowest BCUT2D eigenvalue weighted by Crippen LogP contribution is -2.38. The van der Waals surface area contributed by atoms with Gasteiger partial charge in [-0.05, 0) is 36.8 Å². The van der Waals surface area contributed by atoms with Crippen LogP contribution < -0.4 is 5.32 Å². The van der Waals surface area contributed by atoms with Crippen molar-refractivity contribution in [2.45, 2.75) is 58.0 Å². The van der Waals surface area contributed by atoms with Gasteiger partial charge in [-0.15, -0.1) is 0 Å². The number of hydrogen-bond donors (Lipinski definition) is 2. The maximum absolute atomic E-state index is 3.74. The largest absolute Gasteiger partial charge is 0.367 e. The van der Waals surface area contributed by atoms with Crippen LogP contribution in [0.4, 0.5) is 0 Å². The van der Waals surface area contributed by atoms with Crippen molar-refractivity contribution in [2.24, 2.45) is 5.92 Å². The molecule has 1 saturated carbocycles. The topological polar surface area (TPSA) is 27.8 Å². The van der Waals surface area contributed by atoms with Crippen LogP contribution in [0.1, 0.15) is 51.0 Å². The van der Waals surface area contributed by atoms with Crippen LogP contribution in [0, 0.1) is 5.92 Å². The fraction of sp³-hybridized carbons (Fsp3) is 0.714. The lowest BCUT2D eigenvalue weighted by molar-refractivity contribution is 0.246. The second-order valence-corrected chi connectivity index (χ2v) is 5.04. The SMILES string of the molecule is CCCC1CCCCC1NCc1cc[nH]c1. The molecule has 1 fully saturated rings. The molecule has 16 heavy (non-hydrogen) atoms. The highest BCUT2D eigenvalue weighted by molar-refractivity contribution is 5.08. The molecule has 0 saturated heterocycles. The van der Waals surface area contributed by atoms with Crippen molar-refractivity contribution in [3.63, 3.8) is 0 Å². The van der Waals surface area contributed by atoms with Crippen molar-refractivity contribution in [2.75, 3.05) is 0 Å². The smallest absolute Gasteiger partial charge is 0.0223 e. The Labute approximate surface area is 98.8 Å². The number of H-pyrrole nitrogens is 1. The fourth-order valence-electron chi connectivity index (χ4n) is 2.91. The van der Waals surface area contributed by atoms with Gasteiger partial charge < -0.3 is 10.3 Å². The summed E-state index contributed by atoms with van der Waals surface area (Å²) in [7, 11) is 0. The molecule has 1 aliphatic rings. The van der Waals surface area contributed by atoms with Crippen LogP contribution in [0.15, 0.2) is 18.5 Å². The average Bonchev–Trinajstić information content (AvgIpc) is 2.81. The minimum Gasteiger partial charge on any atom is -0.367 e. The van der Waals surface area contributed by atoms with Crippen LogP contribution in [-0.2, 0) is 6.54 Å². The Morgan fingerprint density at radius 3 is 3.00 bits per heavy atom. The lowest BCUT2D eigenvalue weighted by Gasteiger charge is -2.32. The first-order valence-corrected chi connectivity index (χ1v) is 6.75. The summed E-state index contributed by atoms with van der Waals surface area (Å²) in [6, 6.07) is 2.91. The highest BCUT2D eigenvalue weighted by Gasteiger charge is 2.23. The summed E-state index contributed by atoms with van der Waals surface area (Å²) in [4.78, 5) is 3.11. The van der Waals surface area contributed by atoms with Gasteiger partial charge >= 0.3 is 0 Å². The third-order valence-electron chi connectivity index (χ3n) is 3.80. The quantitative estimate of drug-likeness (QED) is 0.781. The minimum atomic E-state index is 0.753. The molecule has 2 nitrogen and oxygen atoms in total. The number of hydrogen-bond acceptors (Lipinski definition) is 1. The number of nitrogens with one attached hydrogen (secondary N) is 2. The molecule has 2 rings (SSSR count). The summed E-state index contributed by atoms with van der Waals surface area (Å²) in [5.74, 6) is 0.915. The van der Waals surface area contributed by atoms with Gasteiger partial charge in [0.05, 0.1) is 0 Å². The third-order valence-corrected chi connectivity index (χ3v) is 3.80. The molecule has 90 valence electrons. The minimum absolute atomic E-state index is 0.753. The first kappa shape index (κ1) is 11.7. The lowest BCUT2D eigenvalue weighted by atomic mass is 9.82. The molecule has 2 unspecified atom stereocenters. The van der Waals surface area contributed by atoms with Crippen molar-refractivity contribution in [3.05, 3.63) is 24.0 Å². The Balaban J connectivity index is 1.81. The number of aromatic nitrogens is 1. The van der Waals surface area contributed by atoms with Crippen LogP contribution in [0.25, 0.3) is 0 Å². The van der Waals surface area contributed by atoms with E-state index in [0.717, 1.165) is 18.5 Å². The fourth-order valence-corrected chi connectivity index (χ4v) is 2.91. The van der Waals surface area contributed by atoms with E-state index in [0.29, 0.717) is 0 Å². The van der Waals surface area contributed by atoms with Gasteiger partial charge in [-0.2, -0.15) is 0 Å². The Bertz CT molecular complexity index is 277. The molecule has 0 aromatic carbocycles. The van der Waals surface area contributed by atoms with E-state index >= 15 is 0 Å². The summed E-state index contributed by atoms with van der Waals surface area (Å²) in [6.45, 7) is 3.33. The van der Waals surface area contributed by atoms with Crippen molar-refractivity contribution in [3.8, 4) is 0 Å². The molecule has 0 spiro atoms. The summed E-state index contributed by atoms with van der Waals surface area (Å²) in [5.41, 5.74) is 1.38. The zero-order valence-electron chi connectivity index (χ0n) is 10.3. The van der Waals surface area contributed by atoms with Gasteiger partial charge in [0.2, 0.25) is 0 Å². The maximum atomic E-state index is 3.74. The summed E-state index contributed by atoms with van der Waals surface area (Å²) < 4.78 is 0. The predicted octanol–water partition coefficient (Wildman–Crippen LogP) is 3.46. The van der Waals surface area contributed by atoms with Gasteiger partial charge in [0.1, 0.15) is 0 Å². The van der Waals surface area contributed by atoms with Crippen LogP contribution in [0.5, 0.6) is 0 Å². The zero-order chi connectivity index (χ0) is 11.2. The van der Waals surface area contributed by atoms with E-state index in [1.54, 1.807) is 0 Å². The monoisotopic (exact) mass is 220 g/mol. The Morgan fingerprint density at radius 1 is 1.38 bits per heavy atom. The second-order valence-electron chi connectivity index (χ2n) is 5.04. The normalized spacial score (nSPS) is 25.8. The first-order valence-electron chi connectivity index (χ1n) is 6.75.